The summed E-state index contributed by atoms with van der Waals surface area (Å²) in [5, 5.41) is 2.80. The molecular weight excluding hydrogens is 373 g/mol. The molecule has 0 aliphatic carbocycles. The third-order valence-electron chi connectivity index (χ3n) is 3.87. The number of nitrogen functional groups attached to an aromatic ring is 1. The Kier molecular flexibility index (Phi) is 7.01. The number of benzene rings is 2. The van der Waals surface area contributed by atoms with Crippen LogP contribution in [-0.2, 0) is 9.53 Å². The van der Waals surface area contributed by atoms with Crippen molar-refractivity contribution >= 4 is 40.5 Å². The molecule has 1 amide bonds. The predicted octanol–water partition coefficient (Wildman–Crippen LogP) is 3.70. The molecule has 0 bridgehead atoms. The highest BCUT2D eigenvalue weighted by molar-refractivity contribution is 6.31. The van der Waals surface area contributed by atoms with Gasteiger partial charge in [0.1, 0.15) is 5.82 Å². The maximum absolute atomic E-state index is 13.5. The Hall–Kier alpha value is -2.80. The number of halogens is 2. The number of anilines is 3. The summed E-state index contributed by atoms with van der Waals surface area (Å²) in [7, 11) is 1.72. The molecule has 2 rings (SSSR count). The molecule has 0 spiro atoms. The van der Waals surface area contributed by atoms with Gasteiger partial charge in [-0.1, -0.05) is 11.6 Å². The third kappa shape index (κ3) is 5.10. The van der Waals surface area contributed by atoms with E-state index >= 15 is 0 Å². The molecule has 0 aliphatic rings. The summed E-state index contributed by atoms with van der Waals surface area (Å²) in [6.07, 6.45) is -0.0152. The molecule has 0 unspecified atom stereocenters. The largest absolute Gasteiger partial charge is 0.466 e. The molecule has 0 atom stereocenters. The van der Waals surface area contributed by atoms with Gasteiger partial charge in [-0.05, 0) is 43.3 Å². The number of nitrogens with one attached hydrogen (secondary N) is 1. The number of amides is 1. The summed E-state index contributed by atoms with van der Waals surface area (Å²) in [5.74, 6) is -1.43. The van der Waals surface area contributed by atoms with Crippen LogP contribution in [0.15, 0.2) is 36.4 Å². The van der Waals surface area contributed by atoms with Crippen LogP contribution in [-0.4, -0.2) is 32.1 Å². The lowest BCUT2D eigenvalue weighted by atomic mass is 10.1. The number of nitrogens with two attached hydrogens (primary N) is 1. The molecule has 27 heavy (non-hydrogen) atoms. The van der Waals surface area contributed by atoms with E-state index in [0.29, 0.717) is 22.6 Å². The first kappa shape index (κ1) is 20.5. The number of hydrogen-bond acceptors (Lipinski definition) is 5. The summed E-state index contributed by atoms with van der Waals surface area (Å²) >= 11 is 5.85. The van der Waals surface area contributed by atoms with Gasteiger partial charge in [-0.3, -0.25) is 9.59 Å². The zero-order valence-electron chi connectivity index (χ0n) is 15.1. The van der Waals surface area contributed by atoms with Gasteiger partial charge in [-0.15, -0.1) is 0 Å². The molecule has 0 saturated carbocycles. The van der Waals surface area contributed by atoms with E-state index in [1.54, 1.807) is 26.1 Å². The highest BCUT2D eigenvalue weighted by atomic mass is 35.5. The van der Waals surface area contributed by atoms with Crippen LogP contribution in [0.4, 0.5) is 21.5 Å². The van der Waals surface area contributed by atoms with Crippen molar-refractivity contribution in [3.63, 3.8) is 0 Å². The van der Waals surface area contributed by atoms with Gasteiger partial charge >= 0.3 is 5.97 Å². The maximum atomic E-state index is 13.5. The summed E-state index contributed by atoms with van der Waals surface area (Å²) in [6.45, 7) is 2.00. The van der Waals surface area contributed by atoms with Crippen LogP contribution in [0.5, 0.6) is 0 Å². The van der Waals surface area contributed by atoms with Crippen LogP contribution in [0.1, 0.15) is 23.7 Å². The van der Waals surface area contributed by atoms with E-state index in [0.717, 1.165) is 0 Å². The first-order valence-corrected chi connectivity index (χ1v) is 8.75. The van der Waals surface area contributed by atoms with Gasteiger partial charge in [0.25, 0.3) is 5.91 Å². The van der Waals surface area contributed by atoms with Crippen molar-refractivity contribution in [1.29, 1.82) is 0 Å². The van der Waals surface area contributed by atoms with Crippen molar-refractivity contribution in [2.45, 2.75) is 13.3 Å². The number of carbonyl (C=O) groups is 2. The fourth-order valence-electron chi connectivity index (χ4n) is 2.52. The second-order valence-corrected chi connectivity index (χ2v) is 6.07. The number of ether oxygens (including phenoxy) is 1. The van der Waals surface area contributed by atoms with E-state index in [1.807, 2.05) is 0 Å². The van der Waals surface area contributed by atoms with E-state index in [-0.39, 0.29) is 24.6 Å². The van der Waals surface area contributed by atoms with Crippen LogP contribution in [0.2, 0.25) is 5.02 Å². The van der Waals surface area contributed by atoms with Crippen molar-refractivity contribution in [2.24, 2.45) is 0 Å². The number of hydrogen-bond donors (Lipinski definition) is 2. The lowest BCUT2D eigenvalue weighted by Gasteiger charge is -2.23. The summed E-state index contributed by atoms with van der Waals surface area (Å²) < 4.78 is 18.4. The second kappa shape index (κ2) is 9.23. The van der Waals surface area contributed by atoms with E-state index < -0.39 is 17.7 Å². The van der Waals surface area contributed by atoms with Gasteiger partial charge in [0.2, 0.25) is 0 Å². The molecule has 0 fully saturated rings. The molecule has 6 nitrogen and oxygen atoms in total. The minimum absolute atomic E-state index is 0.0152. The Morgan fingerprint density at radius 3 is 2.59 bits per heavy atom. The first-order chi connectivity index (χ1) is 12.9. The fraction of sp³-hybridized carbons (Fsp3) is 0.263. The zero-order valence-corrected chi connectivity index (χ0v) is 15.8. The topological polar surface area (TPSA) is 84.7 Å². The smallest absolute Gasteiger partial charge is 0.307 e. The summed E-state index contributed by atoms with van der Waals surface area (Å²) in [4.78, 5) is 26.1. The standard InChI is InChI=1S/C19H21ClFN3O3/c1-3-27-18(25)8-9-24(13-5-6-15(21)14(20)11-13)19(26)12-4-7-17(23-2)16(22)10-12/h4-7,10-11,23H,3,8-9,22H2,1-2H3. The SMILES string of the molecule is CCOC(=O)CCN(C(=O)c1ccc(NC)c(N)c1)c1ccc(F)c(Cl)c1. The minimum atomic E-state index is -0.596. The number of nitrogens with zero attached hydrogens (tertiary/aromatic N) is 1. The minimum Gasteiger partial charge on any atom is -0.466 e. The van der Waals surface area contributed by atoms with Gasteiger partial charge in [0, 0.05) is 24.8 Å². The van der Waals surface area contributed by atoms with Crippen molar-refractivity contribution in [3.05, 3.63) is 52.8 Å². The van der Waals surface area contributed by atoms with Crippen LogP contribution in [0, 0.1) is 5.82 Å². The highest BCUT2D eigenvalue weighted by Gasteiger charge is 2.21. The normalized spacial score (nSPS) is 10.4. The number of rotatable bonds is 7. The van der Waals surface area contributed by atoms with Crippen LogP contribution in [0.25, 0.3) is 0 Å². The molecule has 3 N–H and O–H groups in total. The summed E-state index contributed by atoms with van der Waals surface area (Å²) in [5.41, 5.74) is 7.73. The quantitative estimate of drug-likeness (QED) is 0.553. The second-order valence-electron chi connectivity index (χ2n) is 5.66. The lowest BCUT2D eigenvalue weighted by molar-refractivity contribution is -0.142. The Labute approximate surface area is 162 Å². The molecule has 0 radical (unpaired) electrons. The average Bonchev–Trinajstić information content (AvgIpc) is 2.64. The van der Waals surface area contributed by atoms with E-state index in [2.05, 4.69) is 5.32 Å². The molecule has 0 aromatic heterocycles. The zero-order chi connectivity index (χ0) is 20.0. The molecule has 8 heteroatoms. The van der Waals surface area contributed by atoms with Gasteiger partial charge in [-0.25, -0.2) is 4.39 Å². The predicted molar refractivity (Wildman–Crippen MR) is 105 cm³/mol. The number of esters is 1. The van der Waals surface area contributed by atoms with E-state index in [4.69, 9.17) is 22.1 Å². The Morgan fingerprint density at radius 1 is 1.26 bits per heavy atom. The molecule has 2 aromatic carbocycles. The Balaban J connectivity index is 2.35. The molecule has 0 aliphatic heterocycles. The fourth-order valence-corrected chi connectivity index (χ4v) is 2.69. The number of carbonyl (C=O) groups excluding carboxylic acids is 2. The Morgan fingerprint density at radius 2 is 2.00 bits per heavy atom. The monoisotopic (exact) mass is 393 g/mol. The van der Waals surface area contributed by atoms with Crippen molar-refractivity contribution in [3.8, 4) is 0 Å². The van der Waals surface area contributed by atoms with Gasteiger partial charge in [-0.2, -0.15) is 0 Å². The van der Waals surface area contributed by atoms with Crippen molar-refractivity contribution in [2.75, 3.05) is 36.1 Å². The lowest BCUT2D eigenvalue weighted by Crippen LogP contribution is -2.33. The molecule has 0 heterocycles. The maximum Gasteiger partial charge on any atom is 0.307 e. The van der Waals surface area contributed by atoms with Gasteiger partial charge in [0.15, 0.2) is 0 Å². The molecular formula is C19H21ClFN3O3. The van der Waals surface area contributed by atoms with E-state index in [1.165, 1.54) is 29.2 Å². The van der Waals surface area contributed by atoms with Crippen molar-refractivity contribution in [1.82, 2.24) is 0 Å². The van der Waals surface area contributed by atoms with Gasteiger partial charge < -0.3 is 20.7 Å². The first-order valence-electron chi connectivity index (χ1n) is 8.37. The van der Waals surface area contributed by atoms with Crippen LogP contribution in [0.3, 0.4) is 0 Å². The van der Waals surface area contributed by atoms with Gasteiger partial charge in [0.05, 0.1) is 29.4 Å². The van der Waals surface area contributed by atoms with Crippen LogP contribution >= 0.6 is 11.6 Å². The van der Waals surface area contributed by atoms with Crippen LogP contribution < -0.4 is 16.0 Å². The summed E-state index contributed by atoms with van der Waals surface area (Å²) in [6, 6.07) is 8.77. The third-order valence-corrected chi connectivity index (χ3v) is 4.16. The van der Waals surface area contributed by atoms with Crippen molar-refractivity contribution < 1.29 is 18.7 Å². The highest BCUT2D eigenvalue weighted by Crippen LogP contribution is 2.26. The Bertz CT molecular complexity index is 845. The molecule has 144 valence electrons. The molecule has 0 saturated heterocycles. The average molecular weight is 394 g/mol. The molecule has 2 aromatic rings. The van der Waals surface area contributed by atoms with E-state index in [9.17, 15) is 14.0 Å².